The fourth-order valence-electron chi connectivity index (χ4n) is 1.72. The third kappa shape index (κ3) is 1.49. The Kier molecular flexibility index (Phi) is 2.43. The van der Waals surface area contributed by atoms with Crippen LogP contribution in [0.4, 0.5) is 5.69 Å². The van der Waals surface area contributed by atoms with E-state index in [0.717, 1.165) is 0 Å². The van der Waals surface area contributed by atoms with Gasteiger partial charge in [0.05, 0.1) is 0 Å². The normalized spacial score (nSPS) is 10.5. The maximum absolute atomic E-state index is 2.80. The lowest BCUT2D eigenvalue weighted by Crippen LogP contribution is -2.11. The molecule has 0 aromatic heterocycles. The highest BCUT2D eigenvalue weighted by atomic mass is 31.0. The molecule has 0 aliphatic rings. The first-order chi connectivity index (χ1) is 6.70. The maximum Gasteiger partial charge on any atom is 0.0447 e. The fraction of sp³-hybridized carbons (Fsp3) is 0.167. The van der Waals surface area contributed by atoms with Crippen LogP contribution in [0.2, 0.25) is 0 Å². The van der Waals surface area contributed by atoms with Crippen LogP contribution in [0.3, 0.4) is 0 Å². The Hall–Kier alpha value is -1.07. The molecule has 14 heavy (non-hydrogen) atoms. The third-order valence-electron chi connectivity index (χ3n) is 2.40. The number of nitrogens with zero attached hydrogens (tertiary/aromatic N) is 1. The molecule has 2 aromatic carbocycles. The summed E-state index contributed by atoms with van der Waals surface area (Å²) in [6.07, 6.45) is 0. The molecule has 1 unspecified atom stereocenters. The lowest BCUT2D eigenvalue weighted by atomic mass is 10.1. The molecule has 1 atom stereocenters. The van der Waals surface area contributed by atoms with Crippen molar-refractivity contribution in [3.8, 4) is 0 Å². The molecule has 0 amide bonds. The van der Waals surface area contributed by atoms with Crippen molar-refractivity contribution in [2.75, 3.05) is 19.0 Å². The summed E-state index contributed by atoms with van der Waals surface area (Å²) >= 11 is 0. The monoisotopic (exact) mass is 203 g/mol. The first kappa shape index (κ1) is 9.48. The van der Waals surface area contributed by atoms with Crippen LogP contribution in [-0.4, -0.2) is 14.1 Å². The highest BCUT2D eigenvalue weighted by Crippen LogP contribution is 2.24. The minimum atomic E-state index is 1.26. The van der Waals surface area contributed by atoms with Gasteiger partial charge in [0.15, 0.2) is 0 Å². The molecule has 2 heteroatoms. The number of anilines is 1. The molecule has 72 valence electrons. The van der Waals surface area contributed by atoms with Crippen LogP contribution < -0.4 is 10.2 Å². The number of hydrogen-bond acceptors (Lipinski definition) is 1. The molecule has 1 nitrogen and oxygen atoms in total. The number of benzene rings is 2. The number of fused-ring (bicyclic) bond motifs is 1. The predicted molar refractivity (Wildman–Crippen MR) is 67.6 cm³/mol. The molecule has 0 radical (unpaired) electrons. The largest absolute Gasteiger partial charge is 0.377 e. The van der Waals surface area contributed by atoms with Gasteiger partial charge < -0.3 is 4.90 Å². The zero-order valence-corrected chi connectivity index (χ0v) is 9.64. The summed E-state index contributed by atoms with van der Waals surface area (Å²) in [6, 6.07) is 12.8. The molecule has 2 aromatic rings. The van der Waals surface area contributed by atoms with E-state index in [4.69, 9.17) is 0 Å². The Morgan fingerprint density at radius 2 is 1.64 bits per heavy atom. The number of hydrogen-bond donors (Lipinski definition) is 0. The third-order valence-corrected chi connectivity index (χ3v) is 2.88. The standard InChI is InChI=1S/C12H14NP/c1-13(2)10-7-3-5-9-6-4-8-11(14)12(9)10/h3-8H,14H2,1-2H3. The summed E-state index contributed by atoms with van der Waals surface area (Å²) in [5.74, 6) is 0. The minimum absolute atomic E-state index is 1.26. The highest BCUT2D eigenvalue weighted by molar-refractivity contribution is 7.28. The summed E-state index contributed by atoms with van der Waals surface area (Å²) in [6.45, 7) is 0. The van der Waals surface area contributed by atoms with Crippen molar-refractivity contribution in [2.24, 2.45) is 0 Å². The number of rotatable bonds is 1. The van der Waals surface area contributed by atoms with Crippen molar-refractivity contribution >= 4 is 31.0 Å². The SMILES string of the molecule is CN(C)c1cccc2cccc(P)c12. The minimum Gasteiger partial charge on any atom is -0.377 e. The van der Waals surface area contributed by atoms with E-state index in [2.05, 4.69) is 64.6 Å². The lowest BCUT2D eigenvalue weighted by molar-refractivity contribution is 1.14. The van der Waals surface area contributed by atoms with E-state index in [-0.39, 0.29) is 0 Å². The smallest absolute Gasteiger partial charge is 0.0447 e. The zero-order chi connectivity index (χ0) is 10.1. The van der Waals surface area contributed by atoms with Gasteiger partial charge in [-0.3, -0.25) is 0 Å². The molecular weight excluding hydrogens is 189 g/mol. The van der Waals surface area contributed by atoms with E-state index >= 15 is 0 Å². The van der Waals surface area contributed by atoms with Crippen molar-refractivity contribution < 1.29 is 0 Å². The Morgan fingerprint density at radius 1 is 1.00 bits per heavy atom. The maximum atomic E-state index is 2.80. The van der Waals surface area contributed by atoms with Crippen molar-refractivity contribution in [2.45, 2.75) is 0 Å². The van der Waals surface area contributed by atoms with E-state index in [1.807, 2.05) is 0 Å². The van der Waals surface area contributed by atoms with Gasteiger partial charge in [0.25, 0.3) is 0 Å². The molecule has 0 bridgehead atoms. The van der Waals surface area contributed by atoms with E-state index < -0.39 is 0 Å². The average Bonchev–Trinajstić information content (AvgIpc) is 2.17. The summed E-state index contributed by atoms with van der Waals surface area (Å²) in [4.78, 5) is 2.15. The first-order valence-electron chi connectivity index (χ1n) is 4.64. The van der Waals surface area contributed by atoms with Crippen LogP contribution in [0.5, 0.6) is 0 Å². The van der Waals surface area contributed by atoms with Crippen molar-refractivity contribution in [3.63, 3.8) is 0 Å². The summed E-state index contributed by atoms with van der Waals surface area (Å²) < 4.78 is 0. The van der Waals surface area contributed by atoms with Crippen molar-refractivity contribution in [3.05, 3.63) is 36.4 Å². The van der Waals surface area contributed by atoms with Crippen LogP contribution in [0.15, 0.2) is 36.4 Å². The summed E-state index contributed by atoms with van der Waals surface area (Å²) in [5, 5.41) is 3.88. The molecule has 2 rings (SSSR count). The molecule has 0 aliphatic carbocycles. The zero-order valence-electron chi connectivity index (χ0n) is 8.49. The van der Waals surface area contributed by atoms with Gasteiger partial charge in [-0.25, -0.2) is 0 Å². The second kappa shape index (κ2) is 3.59. The quantitative estimate of drug-likeness (QED) is 0.643. The molecule has 0 heterocycles. The molecule has 0 N–H and O–H groups in total. The Morgan fingerprint density at radius 3 is 2.29 bits per heavy atom. The van der Waals surface area contributed by atoms with Gasteiger partial charge in [0.2, 0.25) is 0 Å². The van der Waals surface area contributed by atoms with Crippen molar-refractivity contribution in [1.29, 1.82) is 0 Å². The molecule has 0 spiro atoms. The van der Waals surface area contributed by atoms with E-state index in [1.165, 1.54) is 21.8 Å². The van der Waals surface area contributed by atoms with Crippen LogP contribution in [0.1, 0.15) is 0 Å². The summed E-state index contributed by atoms with van der Waals surface area (Å²) in [5.41, 5.74) is 1.27. The second-order valence-corrected chi connectivity index (χ2v) is 4.24. The summed E-state index contributed by atoms with van der Waals surface area (Å²) in [7, 11) is 6.95. The average molecular weight is 203 g/mol. The molecule has 0 saturated heterocycles. The lowest BCUT2D eigenvalue weighted by Gasteiger charge is -2.16. The Balaban J connectivity index is 2.84. The van der Waals surface area contributed by atoms with Gasteiger partial charge in [-0.15, -0.1) is 9.24 Å². The molecule has 0 fully saturated rings. The molecule has 0 aliphatic heterocycles. The molecular formula is C12H14NP. The highest BCUT2D eigenvalue weighted by Gasteiger charge is 2.04. The van der Waals surface area contributed by atoms with Gasteiger partial charge in [0, 0.05) is 25.2 Å². The van der Waals surface area contributed by atoms with E-state index in [0.29, 0.717) is 0 Å². The van der Waals surface area contributed by atoms with Gasteiger partial charge in [-0.05, 0) is 16.8 Å². The first-order valence-corrected chi connectivity index (χ1v) is 5.22. The Labute approximate surface area is 86.9 Å². The second-order valence-electron chi connectivity index (χ2n) is 3.62. The van der Waals surface area contributed by atoms with Crippen LogP contribution in [-0.2, 0) is 0 Å². The van der Waals surface area contributed by atoms with Crippen LogP contribution in [0.25, 0.3) is 10.8 Å². The topological polar surface area (TPSA) is 3.24 Å². The van der Waals surface area contributed by atoms with Crippen LogP contribution in [0, 0.1) is 0 Å². The predicted octanol–water partition coefficient (Wildman–Crippen LogP) is 2.41. The van der Waals surface area contributed by atoms with Gasteiger partial charge >= 0.3 is 0 Å². The molecule has 0 saturated carbocycles. The van der Waals surface area contributed by atoms with Gasteiger partial charge in [-0.2, -0.15) is 0 Å². The van der Waals surface area contributed by atoms with Crippen LogP contribution >= 0.6 is 9.24 Å². The van der Waals surface area contributed by atoms with Gasteiger partial charge in [-0.1, -0.05) is 30.3 Å². The van der Waals surface area contributed by atoms with Crippen molar-refractivity contribution in [1.82, 2.24) is 0 Å². The Bertz CT molecular complexity index is 458. The fourth-order valence-corrected chi connectivity index (χ4v) is 2.15. The van der Waals surface area contributed by atoms with E-state index in [1.54, 1.807) is 0 Å². The van der Waals surface area contributed by atoms with E-state index in [9.17, 15) is 0 Å². The van der Waals surface area contributed by atoms with Gasteiger partial charge in [0.1, 0.15) is 0 Å².